The monoisotopic (exact) mass is 291 g/mol. The Morgan fingerprint density at radius 1 is 1.38 bits per heavy atom. The summed E-state index contributed by atoms with van der Waals surface area (Å²) in [6.07, 6.45) is 1.12. The summed E-state index contributed by atoms with van der Waals surface area (Å²) in [5.74, 6) is -1.48. The average molecular weight is 291 g/mol. The van der Waals surface area contributed by atoms with Crippen molar-refractivity contribution >= 4 is 23.7 Å². The topological polar surface area (TPSA) is 94.9 Å². The van der Waals surface area contributed by atoms with Crippen molar-refractivity contribution in [2.24, 2.45) is 5.92 Å². The van der Waals surface area contributed by atoms with Crippen molar-refractivity contribution in [3.63, 3.8) is 0 Å². The minimum atomic E-state index is -0.554. The molecule has 0 unspecified atom stereocenters. The number of nitrogens with zero attached hydrogens (tertiary/aromatic N) is 1. The second-order valence-electron chi connectivity index (χ2n) is 5.32. The fourth-order valence-corrected chi connectivity index (χ4v) is 2.76. The zero-order valence-corrected chi connectivity index (χ0v) is 11.9. The summed E-state index contributed by atoms with van der Waals surface area (Å²) < 4.78 is 0. The first-order valence-electron chi connectivity index (χ1n) is 6.70. The fraction of sp³-hybridized carbons (Fsp3) is 0.400. The molecule has 2 atom stereocenters. The fourth-order valence-electron chi connectivity index (χ4n) is 2.76. The highest BCUT2D eigenvalue weighted by Crippen LogP contribution is 2.41. The number of fused-ring (bicyclic) bond motifs is 1. The predicted octanol–water partition coefficient (Wildman–Crippen LogP) is 1.63. The van der Waals surface area contributed by atoms with Crippen LogP contribution in [0.2, 0.25) is 0 Å². The molecule has 21 heavy (non-hydrogen) atoms. The highest BCUT2D eigenvalue weighted by Gasteiger charge is 2.39. The number of Topliss-reactive ketones (excluding diaryl/α,β-unsaturated/α-hetero) is 2. The Kier molecular flexibility index (Phi) is 3.97. The molecule has 1 heterocycles. The van der Waals surface area contributed by atoms with Crippen LogP contribution < -0.4 is 4.90 Å². The summed E-state index contributed by atoms with van der Waals surface area (Å²) >= 11 is 0. The molecule has 0 saturated carbocycles. The first kappa shape index (κ1) is 15.0. The van der Waals surface area contributed by atoms with Crippen molar-refractivity contribution in [3.8, 4) is 11.5 Å². The van der Waals surface area contributed by atoms with E-state index < -0.39 is 12.0 Å². The minimum absolute atomic E-state index is 0.0200. The molecular weight excluding hydrogens is 274 g/mol. The molecule has 1 aliphatic heterocycles. The molecule has 6 heteroatoms. The highest BCUT2D eigenvalue weighted by atomic mass is 16.3. The predicted molar refractivity (Wildman–Crippen MR) is 75.5 cm³/mol. The van der Waals surface area contributed by atoms with E-state index in [1.807, 2.05) is 0 Å². The largest absolute Gasteiger partial charge is 0.508 e. The van der Waals surface area contributed by atoms with E-state index in [1.54, 1.807) is 6.92 Å². The van der Waals surface area contributed by atoms with Gasteiger partial charge >= 0.3 is 0 Å². The van der Waals surface area contributed by atoms with Gasteiger partial charge in [-0.3, -0.25) is 9.59 Å². The highest BCUT2D eigenvalue weighted by molar-refractivity contribution is 6.10. The number of anilines is 1. The summed E-state index contributed by atoms with van der Waals surface area (Å²) in [6.45, 7) is 3.15. The molecule has 0 fully saturated rings. The SMILES string of the molecule is CC(=O)CC[C@H]1C(=O)c2c(O)cc(O)cc2N(C=O)[C@@H]1C. The van der Waals surface area contributed by atoms with Crippen LogP contribution in [-0.2, 0) is 9.59 Å². The van der Waals surface area contributed by atoms with E-state index >= 15 is 0 Å². The van der Waals surface area contributed by atoms with Gasteiger partial charge in [0.2, 0.25) is 6.41 Å². The van der Waals surface area contributed by atoms with E-state index in [2.05, 4.69) is 0 Å². The smallest absolute Gasteiger partial charge is 0.214 e. The van der Waals surface area contributed by atoms with Gasteiger partial charge in [0.25, 0.3) is 0 Å². The molecule has 0 bridgehead atoms. The lowest BCUT2D eigenvalue weighted by atomic mass is 9.81. The number of benzene rings is 1. The molecule has 1 amide bonds. The van der Waals surface area contributed by atoms with Gasteiger partial charge in [-0.15, -0.1) is 0 Å². The molecule has 2 N–H and O–H groups in total. The average Bonchev–Trinajstić information content (AvgIpc) is 2.37. The van der Waals surface area contributed by atoms with Crippen LogP contribution in [0.3, 0.4) is 0 Å². The molecule has 0 spiro atoms. The van der Waals surface area contributed by atoms with Crippen molar-refractivity contribution in [3.05, 3.63) is 17.7 Å². The maximum atomic E-state index is 12.5. The number of amides is 1. The molecule has 0 aliphatic carbocycles. The normalized spacial score (nSPS) is 21.0. The number of phenols is 2. The van der Waals surface area contributed by atoms with Crippen molar-refractivity contribution in [1.82, 2.24) is 0 Å². The van der Waals surface area contributed by atoms with Crippen molar-refractivity contribution in [1.29, 1.82) is 0 Å². The molecular formula is C15H17NO5. The van der Waals surface area contributed by atoms with Gasteiger partial charge in [-0.1, -0.05) is 0 Å². The molecule has 0 radical (unpaired) electrons. The molecule has 0 saturated heterocycles. The summed E-state index contributed by atoms with van der Waals surface area (Å²) in [7, 11) is 0. The number of rotatable bonds is 4. The summed E-state index contributed by atoms with van der Waals surface area (Å²) in [6, 6.07) is 1.90. The van der Waals surface area contributed by atoms with Crippen LogP contribution >= 0.6 is 0 Å². The van der Waals surface area contributed by atoms with E-state index in [0.29, 0.717) is 12.8 Å². The van der Waals surface area contributed by atoms with E-state index in [-0.39, 0.29) is 40.7 Å². The third kappa shape index (κ3) is 2.61. The molecule has 6 nitrogen and oxygen atoms in total. The van der Waals surface area contributed by atoms with Gasteiger partial charge in [0.1, 0.15) is 17.3 Å². The molecule has 2 rings (SSSR count). The summed E-state index contributed by atoms with van der Waals surface area (Å²) in [4.78, 5) is 36.3. The Labute approximate surface area is 122 Å². The van der Waals surface area contributed by atoms with Crippen LogP contribution in [0.4, 0.5) is 5.69 Å². The number of aromatic hydroxyl groups is 2. The van der Waals surface area contributed by atoms with Crippen LogP contribution in [0.1, 0.15) is 37.0 Å². The van der Waals surface area contributed by atoms with Gasteiger partial charge in [0.05, 0.1) is 11.3 Å². The first-order chi connectivity index (χ1) is 9.86. The zero-order chi connectivity index (χ0) is 15.7. The van der Waals surface area contributed by atoms with Crippen LogP contribution in [0, 0.1) is 5.92 Å². The van der Waals surface area contributed by atoms with Crippen LogP contribution in [0.25, 0.3) is 0 Å². The Bertz CT molecular complexity index is 610. The van der Waals surface area contributed by atoms with Crippen molar-refractivity contribution in [2.45, 2.75) is 32.7 Å². The van der Waals surface area contributed by atoms with Crippen LogP contribution in [-0.4, -0.2) is 34.2 Å². The Morgan fingerprint density at radius 2 is 2.05 bits per heavy atom. The Balaban J connectivity index is 2.50. The van der Waals surface area contributed by atoms with Gasteiger partial charge in [0.15, 0.2) is 5.78 Å². The second kappa shape index (κ2) is 5.55. The number of carbonyl (C=O) groups is 3. The lowest BCUT2D eigenvalue weighted by Gasteiger charge is -2.37. The third-order valence-electron chi connectivity index (χ3n) is 3.88. The van der Waals surface area contributed by atoms with Gasteiger partial charge in [-0.25, -0.2) is 0 Å². The van der Waals surface area contributed by atoms with E-state index in [1.165, 1.54) is 17.9 Å². The molecule has 1 aromatic rings. The second-order valence-corrected chi connectivity index (χ2v) is 5.32. The van der Waals surface area contributed by atoms with Gasteiger partial charge in [0, 0.05) is 30.5 Å². The Morgan fingerprint density at radius 3 is 2.62 bits per heavy atom. The lowest BCUT2D eigenvalue weighted by Crippen LogP contribution is -2.46. The van der Waals surface area contributed by atoms with E-state index in [9.17, 15) is 24.6 Å². The third-order valence-corrected chi connectivity index (χ3v) is 3.88. The van der Waals surface area contributed by atoms with Crippen LogP contribution in [0.5, 0.6) is 11.5 Å². The molecule has 1 aliphatic rings. The van der Waals surface area contributed by atoms with E-state index in [4.69, 9.17) is 0 Å². The standard InChI is InChI=1S/C15H17NO5/c1-8(18)3-4-11-9(2)16(7-17)12-5-10(19)6-13(20)14(12)15(11)21/h5-7,9,11,19-20H,3-4H2,1-2H3/t9-,11-/m1/s1. The number of hydrogen-bond acceptors (Lipinski definition) is 5. The molecule has 1 aromatic carbocycles. The first-order valence-corrected chi connectivity index (χ1v) is 6.70. The maximum absolute atomic E-state index is 12.5. The number of phenolic OH excluding ortho intramolecular Hbond substituents is 2. The summed E-state index contributed by atoms with van der Waals surface area (Å²) in [5.41, 5.74) is 0.214. The van der Waals surface area contributed by atoms with E-state index in [0.717, 1.165) is 6.07 Å². The summed E-state index contributed by atoms with van der Waals surface area (Å²) in [5, 5.41) is 19.5. The number of ketones is 2. The van der Waals surface area contributed by atoms with Gasteiger partial charge in [-0.2, -0.15) is 0 Å². The molecule has 112 valence electrons. The maximum Gasteiger partial charge on any atom is 0.214 e. The minimum Gasteiger partial charge on any atom is -0.508 e. The van der Waals surface area contributed by atoms with Gasteiger partial charge in [-0.05, 0) is 20.3 Å². The quantitative estimate of drug-likeness (QED) is 0.822. The van der Waals surface area contributed by atoms with Gasteiger partial charge < -0.3 is 19.9 Å². The lowest BCUT2D eigenvalue weighted by molar-refractivity contribution is -0.117. The molecule has 0 aromatic heterocycles. The number of hydrogen-bond donors (Lipinski definition) is 2. The Hall–Kier alpha value is -2.37. The van der Waals surface area contributed by atoms with Crippen molar-refractivity contribution in [2.75, 3.05) is 4.90 Å². The zero-order valence-electron chi connectivity index (χ0n) is 11.9. The van der Waals surface area contributed by atoms with Crippen LogP contribution in [0.15, 0.2) is 12.1 Å². The van der Waals surface area contributed by atoms with Crippen molar-refractivity contribution < 1.29 is 24.6 Å². The number of carbonyl (C=O) groups excluding carboxylic acids is 3.